The Labute approximate surface area is 184 Å². The van der Waals surface area contributed by atoms with Crippen LogP contribution in [0.15, 0.2) is 94.9 Å². The lowest BCUT2D eigenvalue weighted by atomic mass is 9.93. The van der Waals surface area contributed by atoms with Gasteiger partial charge < -0.3 is 0 Å². The lowest BCUT2D eigenvalue weighted by molar-refractivity contribution is 1.15. The van der Waals surface area contributed by atoms with E-state index in [2.05, 4.69) is 85.8 Å². The number of aromatic nitrogens is 1. The van der Waals surface area contributed by atoms with Crippen LogP contribution >= 0.6 is 11.8 Å². The van der Waals surface area contributed by atoms with E-state index >= 15 is 0 Å². The smallest absolute Gasteiger partial charge is 0.0803 e. The first-order valence-corrected chi connectivity index (χ1v) is 11.6. The molecule has 0 fully saturated rings. The van der Waals surface area contributed by atoms with E-state index < -0.39 is 0 Å². The highest BCUT2D eigenvalue weighted by molar-refractivity contribution is 7.99. The summed E-state index contributed by atoms with van der Waals surface area (Å²) in [5.41, 5.74) is 3.74. The quantitative estimate of drug-likeness (QED) is 0.251. The van der Waals surface area contributed by atoms with Gasteiger partial charge >= 0.3 is 0 Å². The first-order valence-electron chi connectivity index (χ1n) is 10.8. The maximum Gasteiger partial charge on any atom is 0.0803 e. The van der Waals surface area contributed by atoms with Gasteiger partial charge in [0.15, 0.2) is 0 Å². The second-order valence-electron chi connectivity index (χ2n) is 8.32. The summed E-state index contributed by atoms with van der Waals surface area (Å²) in [7, 11) is 0. The average molecular weight is 414 g/mol. The molecule has 0 amide bonds. The number of benzene rings is 5. The molecule has 0 bridgehead atoms. The Morgan fingerprint density at radius 2 is 1.52 bits per heavy atom. The second kappa shape index (κ2) is 6.32. The van der Waals surface area contributed by atoms with Crippen LogP contribution in [0.5, 0.6) is 0 Å². The van der Waals surface area contributed by atoms with Gasteiger partial charge in [-0.1, -0.05) is 73.3 Å². The van der Waals surface area contributed by atoms with Gasteiger partial charge in [0, 0.05) is 26.9 Å². The third kappa shape index (κ3) is 2.43. The van der Waals surface area contributed by atoms with Crippen molar-refractivity contribution in [3.63, 3.8) is 0 Å². The molecule has 0 saturated heterocycles. The molecule has 2 heterocycles. The summed E-state index contributed by atoms with van der Waals surface area (Å²) in [4.78, 5) is 7.47. The molecule has 0 spiro atoms. The number of nitrogens with zero attached hydrogens (tertiary/aromatic N) is 1. The van der Waals surface area contributed by atoms with Crippen LogP contribution in [-0.2, 0) is 6.42 Å². The standard InChI is InChI=1S/C29H19NS/c1-2-17-7-8-18-9-10-21-22-11-12-30-29-25-14-19-5-3-4-6-20(19)15-26(25)31-27(28(22)29)16-24(21)23(18)13-17/h3-16H,2H2,1H3. The number of hydrogen-bond acceptors (Lipinski definition) is 2. The molecule has 6 aromatic rings. The number of rotatable bonds is 1. The minimum absolute atomic E-state index is 1.05. The van der Waals surface area contributed by atoms with Crippen LogP contribution < -0.4 is 0 Å². The van der Waals surface area contributed by atoms with Gasteiger partial charge in [0.2, 0.25) is 0 Å². The van der Waals surface area contributed by atoms with Gasteiger partial charge in [-0.2, -0.15) is 0 Å². The highest BCUT2D eigenvalue weighted by atomic mass is 32.2. The molecule has 0 saturated carbocycles. The zero-order valence-corrected chi connectivity index (χ0v) is 18.0. The molecule has 0 aliphatic carbocycles. The van der Waals surface area contributed by atoms with Gasteiger partial charge in [0.25, 0.3) is 0 Å². The molecular weight excluding hydrogens is 394 g/mol. The van der Waals surface area contributed by atoms with Crippen LogP contribution in [0.3, 0.4) is 0 Å². The molecule has 2 heteroatoms. The molecule has 0 N–H and O–H groups in total. The number of aryl methyl sites for hydroxylation is 1. The van der Waals surface area contributed by atoms with Crippen molar-refractivity contribution in [2.24, 2.45) is 0 Å². The minimum atomic E-state index is 1.05. The van der Waals surface area contributed by atoms with Crippen LogP contribution in [0.4, 0.5) is 0 Å². The normalized spacial score (nSPS) is 12.7. The van der Waals surface area contributed by atoms with Gasteiger partial charge in [-0.15, -0.1) is 0 Å². The summed E-state index contributed by atoms with van der Waals surface area (Å²) in [5, 5.41) is 10.4. The lowest BCUT2D eigenvalue weighted by Gasteiger charge is -2.21. The first kappa shape index (κ1) is 17.3. The summed E-state index contributed by atoms with van der Waals surface area (Å²) < 4.78 is 0. The van der Waals surface area contributed by atoms with Crippen molar-refractivity contribution in [3.8, 4) is 11.3 Å². The number of pyridine rings is 1. The van der Waals surface area contributed by atoms with Crippen LogP contribution in [0.1, 0.15) is 12.5 Å². The number of fused-ring (bicyclic) bond motifs is 7. The SMILES string of the molecule is CCc1ccc2ccc3c4ccnc5c4c(cc3c2c1)Sc1cc2ccccc2cc1-5. The topological polar surface area (TPSA) is 12.9 Å². The maximum absolute atomic E-state index is 4.87. The Hall–Kier alpha value is -3.36. The molecule has 7 rings (SSSR count). The van der Waals surface area contributed by atoms with Crippen molar-refractivity contribution >= 4 is 54.9 Å². The van der Waals surface area contributed by atoms with Crippen molar-refractivity contribution < 1.29 is 0 Å². The molecule has 1 aliphatic rings. The minimum Gasteiger partial charge on any atom is -0.256 e. The molecule has 0 atom stereocenters. The third-order valence-corrected chi connectivity index (χ3v) is 7.72. The predicted octanol–water partition coefficient (Wildman–Crippen LogP) is 8.39. The van der Waals surface area contributed by atoms with Crippen LogP contribution in [0.2, 0.25) is 0 Å². The van der Waals surface area contributed by atoms with Crippen LogP contribution in [-0.4, -0.2) is 4.98 Å². The van der Waals surface area contributed by atoms with E-state index in [-0.39, 0.29) is 0 Å². The van der Waals surface area contributed by atoms with E-state index in [1.807, 2.05) is 18.0 Å². The Morgan fingerprint density at radius 1 is 0.677 bits per heavy atom. The number of hydrogen-bond donors (Lipinski definition) is 0. The van der Waals surface area contributed by atoms with Gasteiger partial charge in [-0.3, -0.25) is 4.98 Å². The molecule has 1 aromatic heterocycles. The Bertz CT molecular complexity index is 1700. The third-order valence-electron chi connectivity index (χ3n) is 6.62. The fourth-order valence-electron chi connectivity index (χ4n) is 5.03. The van der Waals surface area contributed by atoms with Gasteiger partial charge in [-0.05, 0) is 74.0 Å². The van der Waals surface area contributed by atoms with E-state index in [1.165, 1.54) is 64.0 Å². The zero-order valence-electron chi connectivity index (χ0n) is 17.1. The summed E-state index contributed by atoms with van der Waals surface area (Å²) in [6, 6.07) is 29.2. The summed E-state index contributed by atoms with van der Waals surface area (Å²) in [6.45, 7) is 2.22. The molecule has 1 aliphatic heterocycles. The average Bonchev–Trinajstić information content (AvgIpc) is 2.82. The molecule has 1 nitrogen and oxygen atoms in total. The highest BCUT2D eigenvalue weighted by Gasteiger charge is 2.22. The summed E-state index contributed by atoms with van der Waals surface area (Å²) >= 11 is 1.88. The zero-order chi connectivity index (χ0) is 20.5. The Kier molecular flexibility index (Phi) is 3.53. The predicted molar refractivity (Wildman–Crippen MR) is 133 cm³/mol. The van der Waals surface area contributed by atoms with E-state index in [1.54, 1.807) is 0 Å². The fourth-order valence-corrected chi connectivity index (χ4v) is 6.21. The molecular formula is C29H19NS. The van der Waals surface area contributed by atoms with Gasteiger partial charge in [-0.25, -0.2) is 0 Å². The maximum atomic E-state index is 4.87. The van der Waals surface area contributed by atoms with Gasteiger partial charge in [0.1, 0.15) is 0 Å². The first-order chi connectivity index (χ1) is 15.3. The van der Waals surface area contributed by atoms with Crippen LogP contribution in [0, 0.1) is 0 Å². The van der Waals surface area contributed by atoms with Crippen molar-refractivity contribution in [2.45, 2.75) is 23.1 Å². The Balaban J connectivity index is 1.62. The van der Waals surface area contributed by atoms with E-state index in [9.17, 15) is 0 Å². The lowest BCUT2D eigenvalue weighted by Crippen LogP contribution is -1.97. The van der Waals surface area contributed by atoms with Crippen molar-refractivity contribution in [3.05, 3.63) is 90.6 Å². The van der Waals surface area contributed by atoms with E-state index in [4.69, 9.17) is 4.98 Å². The largest absolute Gasteiger partial charge is 0.256 e. The van der Waals surface area contributed by atoms with Crippen molar-refractivity contribution in [2.75, 3.05) is 0 Å². The highest BCUT2D eigenvalue weighted by Crippen LogP contribution is 2.50. The molecule has 146 valence electrons. The van der Waals surface area contributed by atoms with Crippen molar-refractivity contribution in [1.29, 1.82) is 0 Å². The second-order valence-corrected chi connectivity index (χ2v) is 9.41. The monoisotopic (exact) mass is 413 g/mol. The van der Waals surface area contributed by atoms with E-state index in [0.717, 1.165) is 12.1 Å². The van der Waals surface area contributed by atoms with E-state index in [0.29, 0.717) is 0 Å². The molecule has 5 aromatic carbocycles. The van der Waals surface area contributed by atoms with Crippen molar-refractivity contribution in [1.82, 2.24) is 4.98 Å². The van der Waals surface area contributed by atoms with Gasteiger partial charge in [0.05, 0.1) is 5.69 Å². The molecule has 0 radical (unpaired) electrons. The molecule has 0 unspecified atom stereocenters. The summed E-state index contributed by atoms with van der Waals surface area (Å²) in [6.07, 6.45) is 3.03. The van der Waals surface area contributed by atoms with Crippen LogP contribution in [0.25, 0.3) is 54.3 Å². The summed E-state index contributed by atoms with van der Waals surface area (Å²) in [5.74, 6) is 0. The fraction of sp³-hybridized carbons (Fsp3) is 0.0690. The Morgan fingerprint density at radius 3 is 2.39 bits per heavy atom. The molecule has 31 heavy (non-hydrogen) atoms.